The van der Waals surface area contributed by atoms with Crippen LogP contribution in [0.15, 0.2) is 78.9 Å². The number of carbonyl (C=O) groups is 3. The van der Waals surface area contributed by atoms with Crippen molar-refractivity contribution in [1.82, 2.24) is 0 Å². The Labute approximate surface area is 230 Å². The number of aldehydes is 3. The topological polar surface area (TPSA) is 97.4 Å². The zero-order chi connectivity index (χ0) is 28.6. The Bertz CT molecular complexity index is 1040. The minimum absolute atomic E-state index is 0.0819. The van der Waals surface area contributed by atoms with E-state index in [9.17, 15) is 14.4 Å². The van der Waals surface area contributed by atoms with Crippen molar-refractivity contribution in [2.45, 2.75) is 13.0 Å². The summed E-state index contributed by atoms with van der Waals surface area (Å²) in [6, 6.07) is 23.5. The molecule has 0 heterocycles. The van der Waals surface area contributed by atoms with E-state index in [0.717, 1.165) is 35.7 Å². The number of carbonyl (C=O) groups excluding carboxylic acids is 3. The summed E-state index contributed by atoms with van der Waals surface area (Å²) in [5.41, 5.74) is 2.97. The van der Waals surface area contributed by atoms with Crippen molar-refractivity contribution in [2.75, 3.05) is 53.9 Å². The van der Waals surface area contributed by atoms with Crippen LogP contribution in [0, 0.1) is 0 Å². The second kappa shape index (κ2) is 22.3. The number of methoxy groups -OCH3 is 2. The Morgan fingerprint density at radius 1 is 0.615 bits per heavy atom. The number of benzene rings is 3. The Morgan fingerprint density at radius 3 is 1.77 bits per heavy atom. The Balaban J connectivity index is 0.000000308. The normalized spacial score (nSPS) is 10.6. The van der Waals surface area contributed by atoms with Crippen molar-refractivity contribution in [3.8, 4) is 5.75 Å². The molecule has 0 aromatic heterocycles. The van der Waals surface area contributed by atoms with E-state index in [-0.39, 0.29) is 6.10 Å². The standard InChI is InChI=1S/C12H16O4.C12H16O3.C7H6O/c1-14-6-7-15-8-9-16-12-4-2-11(10-13)3-5-12;1-10(15-8-7-14-2)12-6-4-3-5-11(12)9-13;8-6-7-4-2-1-3-5-7/h2-5,10H,6-9H2,1H3;3-6,9-10H,7-8H2,1-2H3;1-6H. The molecule has 8 heteroatoms. The highest BCUT2D eigenvalue weighted by molar-refractivity contribution is 5.77. The Morgan fingerprint density at radius 2 is 1.18 bits per heavy atom. The van der Waals surface area contributed by atoms with Gasteiger partial charge in [-0.05, 0) is 36.8 Å². The van der Waals surface area contributed by atoms with Crippen LogP contribution in [0.5, 0.6) is 5.75 Å². The summed E-state index contributed by atoms with van der Waals surface area (Å²) >= 11 is 0. The van der Waals surface area contributed by atoms with E-state index in [1.54, 1.807) is 56.7 Å². The summed E-state index contributed by atoms with van der Waals surface area (Å²) in [7, 11) is 3.27. The fourth-order valence-corrected chi connectivity index (χ4v) is 3.02. The van der Waals surface area contributed by atoms with Gasteiger partial charge >= 0.3 is 0 Å². The maximum Gasteiger partial charge on any atom is 0.150 e. The summed E-state index contributed by atoms with van der Waals surface area (Å²) < 4.78 is 25.9. The highest BCUT2D eigenvalue weighted by Crippen LogP contribution is 2.19. The van der Waals surface area contributed by atoms with Crippen LogP contribution >= 0.6 is 0 Å². The van der Waals surface area contributed by atoms with Crippen LogP contribution < -0.4 is 4.74 Å². The van der Waals surface area contributed by atoms with Gasteiger partial charge in [-0.15, -0.1) is 0 Å². The molecule has 3 rings (SSSR count). The van der Waals surface area contributed by atoms with E-state index in [4.69, 9.17) is 23.7 Å². The summed E-state index contributed by atoms with van der Waals surface area (Å²) in [6.07, 6.45) is 2.41. The third-order valence-corrected chi connectivity index (χ3v) is 5.10. The van der Waals surface area contributed by atoms with Gasteiger partial charge in [0.15, 0.2) is 0 Å². The molecule has 3 aromatic rings. The van der Waals surface area contributed by atoms with Crippen LogP contribution in [0.3, 0.4) is 0 Å². The first kappa shape index (κ1) is 33.3. The van der Waals surface area contributed by atoms with E-state index >= 15 is 0 Å². The average molecular weight is 539 g/mol. The molecule has 0 saturated carbocycles. The van der Waals surface area contributed by atoms with Gasteiger partial charge in [0.05, 0.1) is 39.1 Å². The molecule has 8 nitrogen and oxygen atoms in total. The first-order valence-corrected chi connectivity index (χ1v) is 12.5. The van der Waals surface area contributed by atoms with Crippen molar-refractivity contribution < 1.29 is 38.1 Å². The predicted octanol–water partition coefficient (Wildman–Crippen LogP) is 5.26. The summed E-state index contributed by atoms with van der Waals surface area (Å²) in [5, 5.41) is 0. The zero-order valence-electron chi connectivity index (χ0n) is 22.8. The summed E-state index contributed by atoms with van der Waals surface area (Å²) in [5.74, 6) is 0.737. The first-order chi connectivity index (χ1) is 19.1. The van der Waals surface area contributed by atoms with Gasteiger partial charge in [0.25, 0.3) is 0 Å². The van der Waals surface area contributed by atoms with Crippen LogP contribution in [0.2, 0.25) is 0 Å². The summed E-state index contributed by atoms with van der Waals surface area (Å²) in [6.45, 7) is 5.21. The smallest absolute Gasteiger partial charge is 0.150 e. The quantitative estimate of drug-likeness (QED) is 0.191. The van der Waals surface area contributed by atoms with Crippen molar-refractivity contribution in [3.63, 3.8) is 0 Å². The molecule has 0 amide bonds. The van der Waals surface area contributed by atoms with Gasteiger partial charge in [-0.25, -0.2) is 0 Å². The Kier molecular flexibility index (Phi) is 19.1. The number of ether oxygens (including phenoxy) is 5. The van der Waals surface area contributed by atoms with Crippen LogP contribution in [0.4, 0.5) is 0 Å². The van der Waals surface area contributed by atoms with Crippen LogP contribution in [-0.2, 0) is 18.9 Å². The lowest BCUT2D eigenvalue weighted by molar-refractivity contribution is 0.0253. The average Bonchev–Trinajstić information content (AvgIpc) is 3.00. The van der Waals surface area contributed by atoms with Crippen LogP contribution in [0.25, 0.3) is 0 Å². The molecule has 0 aliphatic heterocycles. The van der Waals surface area contributed by atoms with Crippen LogP contribution in [0.1, 0.15) is 49.7 Å². The second-order valence-electron chi connectivity index (χ2n) is 7.92. The molecule has 0 N–H and O–H groups in total. The van der Waals surface area contributed by atoms with Gasteiger partial charge in [-0.2, -0.15) is 0 Å². The minimum Gasteiger partial charge on any atom is -0.491 e. The highest BCUT2D eigenvalue weighted by atomic mass is 16.5. The maximum absolute atomic E-state index is 10.8. The predicted molar refractivity (Wildman–Crippen MR) is 150 cm³/mol. The SMILES string of the molecule is COCCOC(C)c1ccccc1C=O.COCCOCCOc1ccc(C=O)cc1.O=Cc1ccccc1. The van der Waals surface area contributed by atoms with Crippen molar-refractivity contribution in [1.29, 1.82) is 0 Å². The molecule has 0 bridgehead atoms. The first-order valence-electron chi connectivity index (χ1n) is 12.5. The lowest BCUT2D eigenvalue weighted by atomic mass is 10.0. The second-order valence-corrected chi connectivity index (χ2v) is 7.92. The van der Waals surface area contributed by atoms with Gasteiger partial charge < -0.3 is 23.7 Å². The fraction of sp³-hybridized carbons (Fsp3) is 0.323. The van der Waals surface area contributed by atoms with Crippen molar-refractivity contribution in [2.24, 2.45) is 0 Å². The molecule has 0 aliphatic rings. The van der Waals surface area contributed by atoms with E-state index in [0.29, 0.717) is 50.8 Å². The molecule has 0 fully saturated rings. The Hall–Kier alpha value is -3.69. The van der Waals surface area contributed by atoms with Gasteiger partial charge in [-0.3, -0.25) is 14.4 Å². The van der Waals surface area contributed by atoms with Crippen molar-refractivity contribution in [3.05, 3.63) is 101 Å². The largest absolute Gasteiger partial charge is 0.491 e. The molecule has 0 radical (unpaired) electrons. The third-order valence-electron chi connectivity index (χ3n) is 5.10. The number of hydrogen-bond donors (Lipinski definition) is 0. The van der Waals surface area contributed by atoms with Gasteiger partial charge in [0.1, 0.15) is 31.2 Å². The molecular weight excluding hydrogens is 500 g/mol. The lowest BCUT2D eigenvalue weighted by Crippen LogP contribution is -2.09. The van der Waals surface area contributed by atoms with E-state index in [2.05, 4.69) is 0 Å². The fourth-order valence-electron chi connectivity index (χ4n) is 3.02. The molecule has 0 spiro atoms. The molecule has 210 valence electrons. The molecule has 39 heavy (non-hydrogen) atoms. The highest BCUT2D eigenvalue weighted by Gasteiger charge is 2.09. The molecule has 1 atom stereocenters. The number of hydrogen-bond acceptors (Lipinski definition) is 8. The molecule has 0 aliphatic carbocycles. The van der Waals surface area contributed by atoms with Crippen molar-refractivity contribution >= 4 is 18.9 Å². The minimum atomic E-state index is -0.0819. The monoisotopic (exact) mass is 538 g/mol. The number of rotatable bonds is 15. The molecule has 1 unspecified atom stereocenters. The summed E-state index contributed by atoms with van der Waals surface area (Å²) in [4.78, 5) is 31.2. The van der Waals surface area contributed by atoms with Gasteiger partial charge in [0, 0.05) is 30.9 Å². The van der Waals surface area contributed by atoms with E-state index in [1.807, 2.05) is 43.3 Å². The van der Waals surface area contributed by atoms with Crippen LogP contribution in [-0.4, -0.2) is 72.7 Å². The maximum atomic E-state index is 10.8. The van der Waals surface area contributed by atoms with Gasteiger partial charge in [-0.1, -0.05) is 54.6 Å². The molecule has 3 aromatic carbocycles. The molecule has 0 saturated heterocycles. The lowest BCUT2D eigenvalue weighted by Gasteiger charge is -2.14. The van der Waals surface area contributed by atoms with E-state index < -0.39 is 0 Å². The van der Waals surface area contributed by atoms with Gasteiger partial charge in [0.2, 0.25) is 0 Å². The zero-order valence-corrected chi connectivity index (χ0v) is 22.8. The third kappa shape index (κ3) is 15.3. The molecular formula is C31H38O8. The van der Waals surface area contributed by atoms with E-state index in [1.165, 1.54) is 0 Å².